The van der Waals surface area contributed by atoms with Crippen molar-refractivity contribution in [1.29, 1.82) is 0 Å². The number of epoxide rings is 1. The largest absolute Gasteiger partial charge is 0.494 e. The Bertz CT molecular complexity index is 661. The minimum absolute atomic E-state index is 0.00871. The third-order valence-electron chi connectivity index (χ3n) is 4.12. The first-order valence-corrected chi connectivity index (χ1v) is 8.65. The first-order valence-electron chi connectivity index (χ1n) is 8.24. The van der Waals surface area contributed by atoms with E-state index in [-0.39, 0.29) is 18.3 Å². The number of carbonyl (C=O) groups is 1. The number of rotatable bonds is 8. The number of thiocarbonyl (C=S) groups is 1. The van der Waals surface area contributed by atoms with E-state index in [9.17, 15) is 4.79 Å². The molecule has 25 heavy (non-hydrogen) atoms. The molecule has 3 rings (SSSR count). The highest BCUT2D eigenvalue weighted by Gasteiger charge is 2.44. The lowest BCUT2D eigenvalue weighted by molar-refractivity contribution is -0.172. The molecule has 0 radical (unpaired) electrons. The maximum atomic E-state index is 11.6. The predicted octanol–water partition coefficient (Wildman–Crippen LogP) is 2.13. The van der Waals surface area contributed by atoms with E-state index in [1.807, 2.05) is 31.2 Å². The van der Waals surface area contributed by atoms with Crippen molar-refractivity contribution < 1.29 is 19.1 Å². The van der Waals surface area contributed by atoms with Crippen molar-refractivity contribution in [2.24, 2.45) is 10.9 Å². The monoisotopic (exact) mass is 363 g/mol. The fourth-order valence-corrected chi connectivity index (χ4v) is 2.79. The van der Waals surface area contributed by atoms with Crippen molar-refractivity contribution in [1.82, 2.24) is 5.06 Å². The van der Waals surface area contributed by atoms with Crippen molar-refractivity contribution in [2.75, 3.05) is 6.61 Å². The zero-order valence-corrected chi connectivity index (χ0v) is 14.8. The second kappa shape index (κ2) is 7.90. The van der Waals surface area contributed by atoms with Crippen LogP contribution in [-0.4, -0.2) is 40.7 Å². The molecule has 0 aromatic heterocycles. The Hall–Kier alpha value is -2.03. The van der Waals surface area contributed by atoms with E-state index in [0.717, 1.165) is 29.9 Å². The van der Waals surface area contributed by atoms with Crippen LogP contribution in [0.4, 0.5) is 0 Å². The lowest BCUT2D eigenvalue weighted by Gasteiger charge is -2.13. The minimum Gasteiger partial charge on any atom is -0.494 e. The average Bonchev–Trinajstić information content (AvgIpc) is 3.31. The molecule has 2 atom stereocenters. The number of hydrazone groups is 1. The molecule has 2 fully saturated rings. The lowest BCUT2D eigenvalue weighted by atomic mass is 10.1. The fourth-order valence-electron chi connectivity index (χ4n) is 2.54. The van der Waals surface area contributed by atoms with Crippen LogP contribution >= 0.6 is 12.2 Å². The topological polar surface area (TPSA) is 89.7 Å². The summed E-state index contributed by atoms with van der Waals surface area (Å²) in [6.45, 7) is 2.43. The number of carbonyl (C=O) groups excluding carboxylic acids is 1. The van der Waals surface area contributed by atoms with Crippen LogP contribution < -0.4 is 10.6 Å². The van der Waals surface area contributed by atoms with Crippen LogP contribution in [-0.2, 0) is 14.4 Å². The molecule has 8 heteroatoms. The molecule has 1 aromatic carbocycles. The normalized spacial score (nSPS) is 23.2. The van der Waals surface area contributed by atoms with Crippen molar-refractivity contribution in [3.8, 4) is 5.75 Å². The van der Waals surface area contributed by atoms with E-state index < -0.39 is 0 Å². The summed E-state index contributed by atoms with van der Waals surface area (Å²) < 4.78 is 11.1. The summed E-state index contributed by atoms with van der Waals surface area (Å²) in [5.74, 6) is 5.96. The molecule has 2 saturated heterocycles. The van der Waals surface area contributed by atoms with Crippen LogP contribution in [0.3, 0.4) is 0 Å². The highest BCUT2D eigenvalue weighted by Crippen LogP contribution is 2.30. The molecule has 2 unspecified atom stereocenters. The molecule has 2 aliphatic rings. The number of nitrogens with zero attached hydrogens (tertiary/aromatic N) is 2. The van der Waals surface area contributed by atoms with Gasteiger partial charge in [-0.3, -0.25) is 4.79 Å². The van der Waals surface area contributed by atoms with Crippen LogP contribution in [0.25, 0.3) is 0 Å². The molecule has 2 N–H and O–H groups in total. The second-order valence-corrected chi connectivity index (χ2v) is 6.43. The van der Waals surface area contributed by atoms with Crippen LogP contribution in [0.1, 0.15) is 38.2 Å². The highest BCUT2D eigenvalue weighted by atomic mass is 32.1. The van der Waals surface area contributed by atoms with Crippen LogP contribution in [0.2, 0.25) is 0 Å². The van der Waals surface area contributed by atoms with Crippen LogP contribution in [0.15, 0.2) is 29.4 Å². The molecule has 0 saturated carbocycles. The quantitative estimate of drug-likeness (QED) is 0.190. The predicted molar refractivity (Wildman–Crippen MR) is 96.0 cm³/mol. The number of hydrogen-bond acceptors (Lipinski definition) is 7. The Morgan fingerprint density at radius 1 is 1.40 bits per heavy atom. The van der Waals surface area contributed by atoms with E-state index in [4.69, 9.17) is 32.4 Å². The van der Waals surface area contributed by atoms with Crippen molar-refractivity contribution in [3.63, 3.8) is 0 Å². The van der Waals surface area contributed by atoms with E-state index in [0.29, 0.717) is 24.4 Å². The van der Waals surface area contributed by atoms with Gasteiger partial charge in [-0.25, -0.2) is 4.84 Å². The molecule has 0 aliphatic carbocycles. The molecule has 2 heterocycles. The summed E-state index contributed by atoms with van der Waals surface area (Å²) in [6.07, 6.45) is 2.24. The third-order valence-corrected chi connectivity index (χ3v) is 4.49. The molecule has 0 bridgehead atoms. The molecule has 0 spiro atoms. The number of benzene rings is 1. The van der Waals surface area contributed by atoms with Gasteiger partial charge in [-0.1, -0.05) is 12.2 Å². The lowest BCUT2D eigenvalue weighted by Crippen LogP contribution is -2.30. The Morgan fingerprint density at radius 3 is 2.80 bits per heavy atom. The Morgan fingerprint density at radius 2 is 2.16 bits per heavy atom. The van der Waals surface area contributed by atoms with Gasteiger partial charge in [0.15, 0.2) is 0 Å². The number of nitrogens with two attached hydrogens (primary N) is 1. The van der Waals surface area contributed by atoms with Crippen molar-refractivity contribution >= 4 is 28.8 Å². The zero-order chi connectivity index (χ0) is 17.8. The van der Waals surface area contributed by atoms with Gasteiger partial charge in [0.1, 0.15) is 16.8 Å². The number of ether oxygens (including phenoxy) is 2. The third kappa shape index (κ3) is 4.53. The summed E-state index contributed by atoms with van der Waals surface area (Å²) in [5.41, 5.74) is 1.75. The average molecular weight is 363 g/mol. The van der Waals surface area contributed by atoms with Gasteiger partial charge in [0, 0.05) is 12.8 Å². The number of hydrogen-bond donors (Lipinski definition) is 1. The second-order valence-electron chi connectivity index (χ2n) is 5.96. The zero-order valence-electron chi connectivity index (χ0n) is 14.0. The van der Waals surface area contributed by atoms with E-state index in [1.54, 1.807) is 0 Å². The Labute approximate surface area is 151 Å². The van der Waals surface area contributed by atoms with Crippen LogP contribution in [0.5, 0.6) is 5.75 Å². The van der Waals surface area contributed by atoms with E-state index >= 15 is 0 Å². The molecular weight excluding hydrogens is 342 g/mol. The SMILES string of the molecule is C/C(=N\N)c1ccc(OCCCC2OC2ON2C(=O)CCC2=S)cc1. The van der Waals surface area contributed by atoms with Gasteiger partial charge in [-0.2, -0.15) is 10.2 Å². The number of amides is 1. The summed E-state index contributed by atoms with van der Waals surface area (Å²) in [7, 11) is 0. The summed E-state index contributed by atoms with van der Waals surface area (Å²) in [6, 6.07) is 7.63. The van der Waals surface area contributed by atoms with Gasteiger partial charge in [0.2, 0.25) is 6.29 Å². The maximum Gasteiger partial charge on any atom is 0.251 e. The van der Waals surface area contributed by atoms with E-state index in [1.165, 1.54) is 5.06 Å². The van der Waals surface area contributed by atoms with Gasteiger partial charge in [-0.05, 0) is 49.6 Å². The molecule has 1 amide bonds. The molecule has 134 valence electrons. The van der Waals surface area contributed by atoms with Crippen molar-refractivity contribution in [2.45, 2.75) is 45.0 Å². The summed E-state index contributed by atoms with van der Waals surface area (Å²) in [5, 5.41) is 4.86. The molecule has 7 nitrogen and oxygen atoms in total. The Kier molecular flexibility index (Phi) is 5.62. The number of hydroxylamine groups is 2. The Balaban J connectivity index is 1.33. The van der Waals surface area contributed by atoms with Gasteiger partial charge in [-0.15, -0.1) is 0 Å². The first kappa shape index (κ1) is 17.8. The van der Waals surface area contributed by atoms with Gasteiger partial charge < -0.3 is 15.3 Å². The van der Waals surface area contributed by atoms with Gasteiger partial charge >= 0.3 is 0 Å². The molecule has 1 aromatic rings. The smallest absolute Gasteiger partial charge is 0.251 e. The highest BCUT2D eigenvalue weighted by molar-refractivity contribution is 7.80. The van der Waals surface area contributed by atoms with Crippen molar-refractivity contribution in [3.05, 3.63) is 29.8 Å². The van der Waals surface area contributed by atoms with Gasteiger partial charge in [0.25, 0.3) is 5.91 Å². The standard InChI is InChI=1S/C17H21N3O4S/c1-11(19-18)12-4-6-13(7-5-12)22-10-2-3-14-17(23-14)24-20-15(21)8-9-16(20)25/h4-7,14,17H,2-3,8-10,18H2,1H3/b19-11+. The first-order chi connectivity index (χ1) is 12.1. The molecular formula is C17H21N3O4S. The van der Waals surface area contributed by atoms with Crippen LogP contribution in [0, 0.1) is 0 Å². The summed E-state index contributed by atoms with van der Waals surface area (Å²) in [4.78, 5) is 17.6. The fraction of sp³-hybridized carbons (Fsp3) is 0.471. The van der Waals surface area contributed by atoms with Gasteiger partial charge in [0.05, 0.1) is 12.3 Å². The molecule has 2 aliphatic heterocycles. The van der Waals surface area contributed by atoms with E-state index in [2.05, 4.69) is 5.10 Å². The maximum absolute atomic E-state index is 11.6. The minimum atomic E-state index is -0.377. The summed E-state index contributed by atoms with van der Waals surface area (Å²) >= 11 is 5.09.